The molecule has 1 aromatic heterocycles. The number of allylic oxidation sites excluding steroid dienone is 2. The first-order valence-corrected chi connectivity index (χ1v) is 17.6. The van der Waals surface area contributed by atoms with Crippen LogP contribution < -0.4 is 0 Å². The minimum absolute atomic E-state index is 0.00806. The van der Waals surface area contributed by atoms with Crippen molar-refractivity contribution < 1.29 is 18.8 Å². The summed E-state index contributed by atoms with van der Waals surface area (Å²) in [6.07, 6.45) is 10.2. The van der Waals surface area contributed by atoms with Gasteiger partial charge in [0.25, 0.3) is 0 Å². The van der Waals surface area contributed by atoms with Gasteiger partial charge in [0.15, 0.2) is 14.1 Å². The maximum absolute atomic E-state index is 13.0. The van der Waals surface area contributed by atoms with Gasteiger partial charge in [0, 0.05) is 16.7 Å². The number of halogens is 1. The monoisotopic (exact) mass is 554 g/mol. The van der Waals surface area contributed by atoms with E-state index in [9.17, 15) is 9.59 Å². The molecule has 0 aliphatic heterocycles. The van der Waals surface area contributed by atoms with E-state index in [4.69, 9.17) is 20.8 Å². The Bertz CT molecular complexity index is 888. The molecule has 1 unspecified atom stereocenters. The highest BCUT2D eigenvalue weighted by molar-refractivity contribution is 7.13. The van der Waals surface area contributed by atoms with Gasteiger partial charge in [0.2, 0.25) is 0 Å². The zero-order valence-corrected chi connectivity index (χ0v) is 26.1. The van der Waals surface area contributed by atoms with E-state index in [0.717, 1.165) is 38.5 Å². The number of thiophene rings is 1. The van der Waals surface area contributed by atoms with Crippen molar-refractivity contribution in [2.45, 2.75) is 109 Å². The number of carbonyl (C=O) groups is 2. The Kier molecular flexibility index (Phi) is 11.9. The van der Waals surface area contributed by atoms with Crippen LogP contribution in [0, 0.1) is 17.8 Å². The molecule has 0 N–H and O–H groups in total. The standard InChI is InChI=1S/C29H47ClO4SSi/c1-9-11-22(34-36(7,8)29(3,4)5)19-21(31)14-16-24-20(2)18-26(30)25(24)13-10-12-23-15-17-27(35-23)28(32)33-6/h14-17,20,22,24-26H,9-13,18-19H2,1-8H3/b16-14+/t20-,22?,24+,25-,26-/m1/s1. The zero-order valence-electron chi connectivity index (χ0n) is 23.6. The van der Waals surface area contributed by atoms with E-state index in [1.807, 2.05) is 18.2 Å². The molecule has 1 aromatic rings. The first-order valence-electron chi connectivity index (χ1n) is 13.5. The lowest BCUT2D eigenvalue weighted by molar-refractivity contribution is -0.116. The molecule has 0 aromatic carbocycles. The third-order valence-corrected chi connectivity index (χ3v) is 14.2. The first-order chi connectivity index (χ1) is 16.8. The average Bonchev–Trinajstić information content (AvgIpc) is 3.35. The molecule has 1 aliphatic carbocycles. The van der Waals surface area contributed by atoms with Gasteiger partial charge in [-0.25, -0.2) is 4.79 Å². The summed E-state index contributed by atoms with van der Waals surface area (Å²) in [5, 5.41) is 0.262. The Hall–Kier alpha value is -0.953. The Morgan fingerprint density at radius 1 is 1.28 bits per heavy atom. The van der Waals surface area contributed by atoms with Crippen molar-refractivity contribution in [2.75, 3.05) is 7.11 Å². The largest absolute Gasteiger partial charge is 0.465 e. The molecular weight excluding hydrogens is 508 g/mol. The molecule has 5 atom stereocenters. The highest BCUT2D eigenvalue weighted by atomic mass is 35.5. The van der Waals surface area contributed by atoms with Crippen LogP contribution in [0.2, 0.25) is 18.1 Å². The van der Waals surface area contributed by atoms with Gasteiger partial charge in [-0.1, -0.05) is 47.1 Å². The molecule has 0 bridgehead atoms. The summed E-state index contributed by atoms with van der Waals surface area (Å²) in [5.41, 5.74) is 0. The number of methoxy groups -OCH3 is 1. The Labute approximate surface area is 229 Å². The van der Waals surface area contributed by atoms with Crippen LogP contribution in [0.4, 0.5) is 0 Å². The fraction of sp³-hybridized carbons (Fsp3) is 0.724. The van der Waals surface area contributed by atoms with Crippen LogP contribution in [-0.2, 0) is 20.4 Å². The third kappa shape index (κ3) is 8.82. The quantitative estimate of drug-likeness (QED) is 0.106. The van der Waals surface area contributed by atoms with E-state index in [-0.39, 0.29) is 28.3 Å². The molecule has 36 heavy (non-hydrogen) atoms. The second-order valence-electron chi connectivity index (χ2n) is 11.9. The summed E-state index contributed by atoms with van der Waals surface area (Å²) in [6.45, 7) is 15.6. The Morgan fingerprint density at radius 2 is 1.97 bits per heavy atom. The zero-order chi connectivity index (χ0) is 27.1. The van der Waals surface area contributed by atoms with Gasteiger partial charge < -0.3 is 9.16 Å². The fourth-order valence-corrected chi connectivity index (χ4v) is 7.85. The molecule has 2 rings (SSSR count). The van der Waals surface area contributed by atoms with Gasteiger partial charge in [-0.2, -0.15) is 0 Å². The summed E-state index contributed by atoms with van der Waals surface area (Å²) >= 11 is 8.28. The second-order valence-corrected chi connectivity index (χ2v) is 18.4. The van der Waals surface area contributed by atoms with Gasteiger partial charge in [-0.05, 0) is 86.2 Å². The maximum Gasteiger partial charge on any atom is 0.348 e. The molecule has 0 spiro atoms. The van der Waals surface area contributed by atoms with Crippen LogP contribution >= 0.6 is 22.9 Å². The minimum Gasteiger partial charge on any atom is -0.465 e. The number of hydrogen-bond acceptors (Lipinski definition) is 5. The lowest BCUT2D eigenvalue weighted by Crippen LogP contribution is -2.44. The highest BCUT2D eigenvalue weighted by Crippen LogP contribution is 2.44. The summed E-state index contributed by atoms with van der Waals surface area (Å²) in [4.78, 5) is 26.5. The first kappa shape index (κ1) is 31.3. The van der Waals surface area contributed by atoms with Gasteiger partial charge in [-0.3, -0.25) is 4.79 Å². The lowest BCUT2D eigenvalue weighted by Gasteiger charge is -2.39. The van der Waals surface area contributed by atoms with Crippen molar-refractivity contribution in [3.63, 3.8) is 0 Å². The van der Waals surface area contributed by atoms with Gasteiger partial charge in [-0.15, -0.1) is 22.9 Å². The second kappa shape index (κ2) is 13.7. The van der Waals surface area contributed by atoms with Gasteiger partial charge in [0.05, 0.1) is 13.2 Å². The molecule has 1 fully saturated rings. The van der Waals surface area contributed by atoms with Crippen molar-refractivity contribution in [3.05, 3.63) is 34.0 Å². The van der Waals surface area contributed by atoms with E-state index in [2.05, 4.69) is 53.8 Å². The van der Waals surface area contributed by atoms with E-state index in [1.165, 1.54) is 23.3 Å². The number of esters is 1. The Morgan fingerprint density at radius 3 is 2.58 bits per heavy atom. The lowest BCUT2D eigenvalue weighted by atomic mass is 9.86. The molecule has 0 saturated heterocycles. The average molecular weight is 555 g/mol. The van der Waals surface area contributed by atoms with Crippen LogP contribution in [0.5, 0.6) is 0 Å². The molecule has 7 heteroatoms. The number of aryl methyl sites for hydroxylation is 1. The van der Waals surface area contributed by atoms with E-state index < -0.39 is 8.32 Å². The number of hydrogen-bond donors (Lipinski definition) is 0. The van der Waals surface area contributed by atoms with Crippen LogP contribution in [0.15, 0.2) is 24.3 Å². The molecule has 0 radical (unpaired) electrons. The minimum atomic E-state index is -1.92. The van der Waals surface area contributed by atoms with Crippen molar-refractivity contribution in [1.29, 1.82) is 0 Å². The van der Waals surface area contributed by atoms with Crippen molar-refractivity contribution in [3.8, 4) is 0 Å². The molecule has 0 amide bonds. The van der Waals surface area contributed by atoms with Crippen LogP contribution in [0.25, 0.3) is 0 Å². The summed E-state index contributed by atoms with van der Waals surface area (Å²) in [6, 6.07) is 3.85. The normalized spacial score (nSPS) is 23.8. The highest BCUT2D eigenvalue weighted by Gasteiger charge is 2.40. The molecule has 4 nitrogen and oxygen atoms in total. The van der Waals surface area contributed by atoms with Crippen LogP contribution in [0.1, 0.15) is 87.7 Å². The summed E-state index contributed by atoms with van der Waals surface area (Å²) < 4.78 is 11.4. The van der Waals surface area contributed by atoms with Crippen molar-refractivity contribution in [1.82, 2.24) is 0 Å². The van der Waals surface area contributed by atoms with E-state index in [0.29, 0.717) is 29.1 Å². The van der Waals surface area contributed by atoms with Crippen LogP contribution in [-0.4, -0.2) is 38.7 Å². The fourth-order valence-electron chi connectivity index (χ4n) is 4.92. The molecule has 1 heterocycles. The number of alkyl halides is 1. The number of ketones is 1. The maximum atomic E-state index is 13.0. The van der Waals surface area contributed by atoms with Gasteiger partial charge in [0.1, 0.15) is 4.88 Å². The number of ether oxygens (including phenoxy) is 1. The Balaban J connectivity index is 1.96. The predicted octanol–water partition coefficient (Wildman–Crippen LogP) is 8.44. The van der Waals surface area contributed by atoms with Crippen molar-refractivity contribution in [2.24, 2.45) is 17.8 Å². The molecule has 1 saturated carbocycles. The summed E-state index contributed by atoms with van der Waals surface area (Å²) in [7, 11) is -0.510. The van der Waals surface area contributed by atoms with Gasteiger partial charge >= 0.3 is 5.97 Å². The third-order valence-electron chi connectivity index (χ3n) is 8.03. The predicted molar refractivity (Wildman–Crippen MR) is 155 cm³/mol. The van der Waals surface area contributed by atoms with Crippen molar-refractivity contribution >= 4 is 43.0 Å². The number of carbonyl (C=O) groups excluding carboxylic acids is 2. The van der Waals surface area contributed by atoms with E-state index in [1.54, 1.807) is 0 Å². The molecule has 204 valence electrons. The summed E-state index contributed by atoms with van der Waals surface area (Å²) in [5.74, 6) is 1.02. The smallest absolute Gasteiger partial charge is 0.348 e. The molecular formula is C29H47ClO4SSi. The topological polar surface area (TPSA) is 52.6 Å². The van der Waals surface area contributed by atoms with Crippen LogP contribution in [0.3, 0.4) is 0 Å². The molecule has 1 aliphatic rings. The van der Waals surface area contributed by atoms with E-state index >= 15 is 0 Å². The number of rotatable bonds is 13. The SMILES string of the molecule is CCCC(CC(=O)/C=C/[C@@H]1[C@@H](CCCc2ccc(C(=O)OC)s2)[C@H](Cl)C[C@H]1C)O[Si](C)(C)C(C)(C)C.